The summed E-state index contributed by atoms with van der Waals surface area (Å²) in [6.07, 6.45) is 3.38. The maximum absolute atomic E-state index is 6.00. The third-order valence-electron chi connectivity index (χ3n) is 5.06. The number of hydrogen-bond acceptors (Lipinski definition) is 4. The van der Waals surface area contributed by atoms with E-state index in [-0.39, 0.29) is 0 Å². The molecule has 1 aliphatic heterocycles. The number of benzene rings is 1. The Balaban J connectivity index is 1.48. The van der Waals surface area contributed by atoms with E-state index in [1.165, 1.54) is 16.0 Å². The molecule has 0 spiro atoms. The Morgan fingerprint density at radius 3 is 2.66 bits per heavy atom. The van der Waals surface area contributed by atoms with Gasteiger partial charge in [-0.2, -0.15) is 0 Å². The van der Waals surface area contributed by atoms with Crippen LogP contribution in [0.2, 0.25) is 0 Å². The summed E-state index contributed by atoms with van der Waals surface area (Å²) in [5.74, 6) is 0.955. The number of hydrogen-bond donors (Lipinski definition) is 1. The van der Waals surface area contributed by atoms with E-state index in [9.17, 15) is 0 Å². The van der Waals surface area contributed by atoms with Crippen LogP contribution in [0.25, 0.3) is 0 Å². The van der Waals surface area contributed by atoms with E-state index in [2.05, 4.69) is 66.0 Å². The minimum absolute atomic E-state index is 0.334. The van der Waals surface area contributed by atoms with Gasteiger partial charge in [0.1, 0.15) is 0 Å². The average Bonchev–Trinajstić information content (AvgIpc) is 3.29. The molecule has 3 rings (SSSR count). The summed E-state index contributed by atoms with van der Waals surface area (Å²) in [6, 6.07) is 12.9. The van der Waals surface area contributed by atoms with Crippen LogP contribution in [0, 0.1) is 0 Å². The number of ether oxygens (including phenoxy) is 2. The lowest BCUT2D eigenvalue weighted by molar-refractivity contribution is -0.0390. The molecule has 0 amide bonds. The summed E-state index contributed by atoms with van der Waals surface area (Å²) in [5, 5.41) is 5.53. The summed E-state index contributed by atoms with van der Waals surface area (Å²) in [7, 11) is 2.10. The normalized spacial score (nSPS) is 15.4. The second-order valence-electron chi connectivity index (χ2n) is 7.36. The monoisotopic (exact) mass is 415 g/mol. The van der Waals surface area contributed by atoms with Crippen molar-refractivity contribution in [1.82, 2.24) is 10.2 Å². The zero-order valence-electron chi connectivity index (χ0n) is 17.6. The Labute approximate surface area is 178 Å². The fraction of sp³-hybridized carbons (Fsp3) is 0.522. The molecule has 0 radical (unpaired) electrons. The van der Waals surface area contributed by atoms with Crippen molar-refractivity contribution in [3.05, 3.63) is 57.8 Å². The van der Waals surface area contributed by atoms with Gasteiger partial charge in [-0.25, -0.2) is 4.99 Å². The first-order chi connectivity index (χ1) is 14.2. The number of thiophene rings is 1. The molecule has 1 aliphatic rings. The van der Waals surface area contributed by atoms with Crippen LogP contribution < -0.4 is 5.32 Å². The van der Waals surface area contributed by atoms with E-state index in [1.807, 2.05) is 11.3 Å². The Morgan fingerprint density at radius 1 is 1.21 bits per heavy atom. The van der Waals surface area contributed by atoms with Crippen LogP contribution in [-0.2, 0) is 29.0 Å². The first-order valence-electron chi connectivity index (χ1n) is 10.5. The predicted molar refractivity (Wildman–Crippen MR) is 121 cm³/mol. The highest BCUT2D eigenvalue weighted by atomic mass is 32.1. The highest BCUT2D eigenvalue weighted by molar-refractivity contribution is 7.09. The predicted octanol–water partition coefficient (Wildman–Crippen LogP) is 4.08. The molecule has 0 atom stereocenters. The van der Waals surface area contributed by atoms with Crippen LogP contribution in [0.3, 0.4) is 0 Å². The summed E-state index contributed by atoms with van der Waals surface area (Å²) < 4.78 is 11.4. The van der Waals surface area contributed by atoms with E-state index >= 15 is 0 Å². The SMILES string of the molecule is CCNC(=NCc1ccc(COC2CCOCC2)cc1)N(C)CCc1cccs1. The molecular weight excluding hydrogens is 382 g/mol. The van der Waals surface area contributed by atoms with Gasteiger partial charge in [-0.3, -0.25) is 0 Å². The first-order valence-corrected chi connectivity index (χ1v) is 11.4. The van der Waals surface area contributed by atoms with Crippen molar-refractivity contribution < 1.29 is 9.47 Å². The van der Waals surface area contributed by atoms with Gasteiger partial charge in [-0.15, -0.1) is 11.3 Å². The molecule has 158 valence electrons. The maximum Gasteiger partial charge on any atom is 0.193 e. The summed E-state index contributed by atoms with van der Waals surface area (Å²) >= 11 is 1.81. The van der Waals surface area contributed by atoms with Crippen LogP contribution in [0.1, 0.15) is 35.8 Å². The van der Waals surface area contributed by atoms with Crippen LogP contribution in [0.15, 0.2) is 46.8 Å². The number of likely N-dealkylation sites (N-methyl/N-ethyl adjacent to an activating group) is 1. The minimum Gasteiger partial charge on any atom is -0.381 e. The van der Waals surface area contributed by atoms with Crippen molar-refractivity contribution in [1.29, 1.82) is 0 Å². The van der Waals surface area contributed by atoms with E-state index in [0.717, 1.165) is 51.5 Å². The van der Waals surface area contributed by atoms with Crippen molar-refractivity contribution in [2.24, 2.45) is 4.99 Å². The Hall–Kier alpha value is -1.89. The lowest BCUT2D eigenvalue weighted by Gasteiger charge is -2.22. The van der Waals surface area contributed by atoms with Crippen LogP contribution >= 0.6 is 11.3 Å². The van der Waals surface area contributed by atoms with Gasteiger partial charge in [0.05, 0.1) is 19.3 Å². The quantitative estimate of drug-likeness (QED) is 0.495. The van der Waals surface area contributed by atoms with Crippen molar-refractivity contribution in [2.75, 3.05) is 33.4 Å². The number of aliphatic imine (C=N–C) groups is 1. The van der Waals surface area contributed by atoms with Gasteiger partial charge < -0.3 is 19.7 Å². The van der Waals surface area contributed by atoms with Gasteiger partial charge in [0.25, 0.3) is 0 Å². The Morgan fingerprint density at radius 2 is 1.97 bits per heavy atom. The molecule has 2 aromatic rings. The zero-order valence-corrected chi connectivity index (χ0v) is 18.4. The molecule has 1 aromatic heterocycles. The molecule has 0 unspecified atom stereocenters. The summed E-state index contributed by atoms with van der Waals surface area (Å²) in [6.45, 7) is 6.90. The Kier molecular flexibility index (Phi) is 8.99. The van der Waals surface area contributed by atoms with Gasteiger partial charge in [0.15, 0.2) is 5.96 Å². The number of nitrogens with zero attached hydrogens (tertiary/aromatic N) is 2. The molecule has 1 fully saturated rings. The van der Waals surface area contributed by atoms with Crippen LogP contribution in [-0.4, -0.2) is 50.3 Å². The highest BCUT2D eigenvalue weighted by Gasteiger charge is 2.14. The molecule has 1 aromatic carbocycles. The van der Waals surface area contributed by atoms with Gasteiger partial charge in [0, 0.05) is 38.2 Å². The molecule has 1 N–H and O–H groups in total. The standard InChI is InChI=1S/C23H33N3O2S/c1-3-24-23(26(2)13-10-22-5-4-16-29-22)25-17-19-6-8-20(9-7-19)18-28-21-11-14-27-15-12-21/h4-9,16,21H,3,10-15,17-18H2,1-2H3,(H,24,25). The fourth-order valence-corrected chi connectivity index (χ4v) is 3.97. The van der Waals surface area contributed by atoms with E-state index in [4.69, 9.17) is 14.5 Å². The number of guanidine groups is 1. The topological polar surface area (TPSA) is 46.1 Å². The molecule has 2 heterocycles. The lowest BCUT2D eigenvalue weighted by Crippen LogP contribution is -2.39. The van der Waals surface area contributed by atoms with Crippen LogP contribution in [0.4, 0.5) is 0 Å². The molecular formula is C23H33N3O2S. The highest BCUT2D eigenvalue weighted by Crippen LogP contribution is 2.14. The molecule has 0 saturated carbocycles. The first kappa shape index (κ1) is 21.8. The maximum atomic E-state index is 6.00. The zero-order chi connectivity index (χ0) is 20.3. The molecule has 5 nitrogen and oxygen atoms in total. The molecule has 0 bridgehead atoms. The second-order valence-corrected chi connectivity index (χ2v) is 8.39. The van der Waals surface area contributed by atoms with Gasteiger partial charge >= 0.3 is 0 Å². The number of rotatable bonds is 9. The number of nitrogens with one attached hydrogen (secondary N) is 1. The summed E-state index contributed by atoms with van der Waals surface area (Å²) in [5.41, 5.74) is 2.42. The van der Waals surface area contributed by atoms with E-state index in [0.29, 0.717) is 19.3 Å². The van der Waals surface area contributed by atoms with Crippen molar-refractivity contribution in [3.63, 3.8) is 0 Å². The second kappa shape index (κ2) is 12.0. The third kappa shape index (κ3) is 7.46. The third-order valence-corrected chi connectivity index (χ3v) is 5.99. The molecule has 1 saturated heterocycles. The molecule has 29 heavy (non-hydrogen) atoms. The van der Waals surface area contributed by atoms with Gasteiger partial charge in [-0.05, 0) is 48.8 Å². The average molecular weight is 416 g/mol. The van der Waals surface area contributed by atoms with Gasteiger partial charge in [-0.1, -0.05) is 30.3 Å². The van der Waals surface area contributed by atoms with E-state index in [1.54, 1.807) is 0 Å². The minimum atomic E-state index is 0.334. The van der Waals surface area contributed by atoms with Crippen molar-refractivity contribution in [2.45, 2.75) is 45.4 Å². The largest absolute Gasteiger partial charge is 0.381 e. The fourth-order valence-electron chi connectivity index (χ4n) is 3.27. The smallest absolute Gasteiger partial charge is 0.193 e. The summed E-state index contributed by atoms with van der Waals surface area (Å²) in [4.78, 5) is 8.44. The van der Waals surface area contributed by atoms with Crippen molar-refractivity contribution in [3.8, 4) is 0 Å². The molecule has 0 aliphatic carbocycles. The lowest BCUT2D eigenvalue weighted by atomic mass is 10.1. The van der Waals surface area contributed by atoms with Crippen LogP contribution in [0.5, 0.6) is 0 Å². The molecule has 6 heteroatoms. The Bertz CT molecular complexity index is 725. The van der Waals surface area contributed by atoms with Crippen molar-refractivity contribution >= 4 is 17.3 Å². The van der Waals surface area contributed by atoms with E-state index < -0.39 is 0 Å². The van der Waals surface area contributed by atoms with Gasteiger partial charge in [0.2, 0.25) is 0 Å².